The molecule has 0 aliphatic carbocycles. The van der Waals surface area contributed by atoms with Crippen LogP contribution in [0.4, 0.5) is 5.69 Å². The van der Waals surface area contributed by atoms with Gasteiger partial charge < -0.3 is 10.1 Å². The summed E-state index contributed by atoms with van der Waals surface area (Å²) in [4.78, 5) is 13.0. The molecule has 6 nitrogen and oxygen atoms in total. The first kappa shape index (κ1) is 27.7. The van der Waals surface area contributed by atoms with Gasteiger partial charge in [0.15, 0.2) is 0 Å². The monoisotopic (exact) mass is 578 g/mol. The lowest BCUT2D eigenvalue weighted by Crippen LogP contribution is -2.13. The Morgan fingerprint density at radius 3 is 2.41 bits per heavy atom. The Labute approximate surface area is 248 Å². The van der Waals surface area contributed by atoms with E-state index in [1.165, 1.54) is 0 Å². The van der Waals surface area contributed by atoms with Gasteiger partial charge in [-0.05, 0) is 73.7 Å². The lowest BCUT2D eigenvalue weighted by molar-refractivity contribution is -0.112. The predicted octanol–water partition coefficient (Wildman–Crippen LogP) is 8.28. The minimum Gasteiger partial charge on any atom is -0.489 e. The lowest BCUT2D eigenvalue weighted by Gasteiger charge is -2.09. The lowest BCUT2D eigenvalue weighted by atomic mass is 10.1. The van der Waals surface area contributed by atoms with Gasteiger partial charge in [-0.1, -0.05) is 65.2 Å². The van der Waals surface area contributed by atoms with Gasteiger partial charge in [0.2, 0.25) is 0 Å². The van der Waals surface area contributed by atoms with Crippen LogP contribution in [0, 0.1) is 18.3 Å². The van der Waals surface area contributed by atoms with E-state index in [4.69, 9.17) is 33.0 Å². The van der Waals surface area contributed by atoms with Crippen LogP contribution in [0.5, 0.6) is 5.75 Å². The molecule has 0 spiro atoms. The number of aromatic nitrogens is 2. The summed E-state index contributed by atoms with van der Waals surface area (Å²) in [5.41, 5.74) is 5.32. The minimum atomic E-state index is -0.501. The second kappa shape index (κ2) is 12.6. The van der Waals surface area contributed by atoms with Crippen molar-refractivity contribution in [1.82, 2.24) is 9.78 Å². The van der Waals surface area contributed by atoms with E-state index in [9.17, 15) is 10.1 Å². The molecule has 0 unspecified atom stereocenters. The molecule has 0 aliphatic rings. The molecule has 1 amide bonds. The summed E-state index contributed by atoms with van der Waals surface area (Å²) in [5, 5.41) is 18.5. The Hall–Kier alpha value is -4.83. The zero-order valence-electron chi connectivity index (χ0n) is 22.0. The average molecular weight is 579 g/mol. The molecule has 8 heteroatoms. The van der Waals surface area contributed by atoms with Crippen molar-refractivity contribution in [3.05, 3.63) is 136 Å². The Bertz CT molecular complexity index is 1750. The fraction of sp³-hybridized carbons (Fsp3) is 0.0606. The molecule has 202 valence electrons. The molecule has 5 rings (SSSR count). The molecule has 0 radical (unpaired) electrons. The Morgan fingerprint density at radius 1 is 1.00 bits per heavy atom. The van der Waals surface area contributed by atoms with Crippen LogP contribution in [-0.4, -0.2) is 15.7 Å². The third kappa shape index (κ3) is 6.85. The van der Waals surface area contributed by atoms with Crippen LogP contribution < -0.4 is 10.1 Å². The van der Waals surface area contributed by atoms with E-state index in [0.29, 0.717) is 32.7 Å². The third-order valence-electron chi connectivity index (χ3n) is 6.27. The molecule has 5 aromatic rings. The number of anilines is 1. The van der Waals surface area contributed by atoms with E-state index < -0.39 is 5.91 Å². The zero-order valence-corrected chi connectivity index (χ0v) is 23.5. The number of carbonyl (C=O) groups is 1. The topological polar surface area (TPSA) is 79.9 Å². The van der Waals surface area contributed by atoms with Crippen LogP contribution in [-0.2, 0) is 11.4 Å². The first-order chi connectivity index (χ1) is 19.9. The van der Waals surface area contributed by atoms with Gasteiger partial charge in [0.1, 0.15) is 24.0 Å². The highest BCUT2D eigenvalue weighted by Gasteiger charge is 2.16. The number of benzene rings is 4. The summed E-state index contributed by atoms with van der Waals surface area (Å²) in [6.07, 6.45) is 3.35. The number of amides is 1. The molecule has 1 heterocycles. The SMILES string of the molecule is Cc1ccc(NC(=O)C(C#N)=Cc2cn(-c3ccccc3)nc2-c2ccc(OCc3ccc(Cl)cc3Cl)cc2)cc1. The van der Waals surface area contributed by atoms with Gasteiger partial charge in [-0.25, -0.2) is 4.68 Å². The van der Waals surface area contributed by atoms with Gasteiger partial charge in [-0.2, -0.15) is 10.4 Å². The maximum Gasteiger partial charge on any atom is 0.266 e. The largest absolute Gasteiger partial charge is 0.489 e. The van der Waals surface area contributed by atoms with Gasteiger partial charge in [0.05, 0.1) is 11.4 Å². The molecule has 0 bridgehead atoms. The average Bonchev–Trinajstić information content (AvgIpc) is 3.41. The second-order valence-corrected chi connectivity index (χ2v) is 10.1. The highest BCUT2D eigenvalue weighted by molar-refractivity contribution is 6.35. The van der Waals surface area contributed by atoms with Crippen molar-refractivity contribution in [2.75, 3.05) is 5.32 Å². The molecular formula is C33H24Cl2N4O2. The molecule has 1 N–H and O–H groups in total. The summed E-state index contributed by atoms with van der Waals surface area (Å²) < 4.78 is 7.65. The van der Waals surface area contributed by atoms with Crippen molar-refractivity contribution in [2.45, 2.75) is 13.5 Å². The van der Waals surface area contributed by atoms with Crippen LogP contribution in [0.3, 0.4) is 0 Å². The molecule has 1 aromatic heterocycles. The molecule has 41 heavy (non-hydrogen) atoms. The van der Waals surface area contributed by atoms with Crippen molar-refractivity contribution >= 4 is 40.9 Å². The van der Waals surface area contributed by atoms with Crippen molar-refractivity contribution < 1.29 is 9.53 Å². The number of nitrogens with one attached hydrogen (secondary N) is 1. The molecule has 0 atom stereocenters. The van der Waals surface area contributed by atoms with Gasteiger partial charge >= 0.3 is 0 Å². The van der Waals surface area contributed by atoms with E-state index in [1.54, 1.807) is 41.2 Å². The maximum absolute atomic E-state index is 13.0. The molecular weight excluding hydrogens is 555 g/mol. The Kier molecular flexibility index (Phi) is 8.50. The second-order valence-electron chi connectivity index (χ2n) is 9.25. The van der Waals surface area contributed by atoms with E-state index in [-0.39, 0.29) is 12.2 Å². The van der Waals surface area contributed by atoms with E-state index in [1.807, 2.05) is 85.8 Å². The molecule has 0 aliphatic heterocycles. The minimum absolute atomic E-state index is 0.0424. The Morgan fingerprint density at radius 2 is 1.73 bits per heavy atom. The number of hydrogen-bond donors (Lipinski definition) is 1. The van der Waals surface area contributed by atoms with Crippen LogP contribution in [0.25, 0.3) is 23.0 Å². The number of hydrogen-bond acceptors (Lipinski definition) is 4. The zero-order chi connectivity index (χ0) is 28.8. The molecule has 0 fully saturated rings. The third-order valence-corrected chi connectivity index (χ3v) is 6.86. The van der Waals surface area contributed by atoms with Crippen LogP contribution in [0.1, 0.15) is 16.7 Å². The number of para-hydroxylation sites is 1. The first-order valence-electron chi connectivity index (χ1n) is 12.7. The number of carbonyl (C=O) groups excluding carboxylic acids is 1. The number of rotatable bonds is 8. The predicted molar refractivity (Wildman–Crippen MR) is 163 cm³/mol. The van der Waals surface area contributed by atoms with Crippen molar-refractivity contribution in [2.24, 2.45) is 0 Å². The highest BCUT2D eigenvalue weighted by atomic mass is 35.5. The summed E-state index contributed by atoms with van der Waals surface area (Å²) >= 11 is 12.3. The quantitative estimate of drug-likeness (QED) is 0.148. The summed E-state index contributed by atoms with van der Waals surface area (Å²) in [5.74, 6) is 0.147. The summed E-state index contributed by atoms with van der Waals surface area (Å²) in [7, 11) is 0. The summed E-state index contributed by atoms with van der Waals surface area (Å²) in [6.45, 7) is 2.25. The van der Waals surface area contributed by atoms with E-state index in [0.717, 1.165) is 22.4 Å². The first-order valence-corrected chi connectivity index (χ1v) is 13.5. The number of aryl methyl sites for hydroxylation is 1. The molecule has 0 saturated heterocycles. The molecule has 4 aromatic carbocycles. The van der Waals surface area contributed by atoms with Crippen molar-refractivity contribution in [1.29, 1.82) is 5.26 Å². The number of nitriles is 1. The van der Waals surface area contributed by atoms with Gasteiger partial charge in [-0.15, -0.1) is 0 Å². The fourth-order valence-electron chi connectivity index (χ4n) is 4.08. The number of nitrogens with zero attached hydrogens (tertiary/aromatic N) is 3. The van der Waals surface area contributed by atoms with Gasteiger partial charge in [0.25, 0.3) is 5.91 Å². The molecule has 0 saturated carbocycles. The summed E-state index contributed by atoms with van der Waals surface area (Å²) in [6, 6.07) is 31.7. The fourth-order valence-corrected chi connectivity index (χ4v) is 4.54. The van der Waals surface area contributed by atoms with Gasteiger partial charge in [0, 0.05) is 38.6 Å². The van der Waals surface area contributed by atoms with E-state index >= 15 is 0 Å². The van der Waals surface area contributed by atoms with Crippen molar-refractivity contribution in [3.8, 4) is 28.8 Å². The maximum atomic E-state index is 13.0. The van der Waals surface area contributed by atoms with Crippen LogP contribution >= 0.6 is 23.2 Å². The van der Waals surface area contributed by atoms with Crippen molar-refractivity contribution in [3.63, 3.8) is 0 Å². The normalized spacial score (nSPS) is 11.1. The highest BCUT2D eigenvalue weighted by Crippen LogP contribution is 2.29. The van der Waals surface area contributed by atoms with Crippen LogP contribution in [0.2, 0.25) is 10.0 Å². The van der Waals surface area contributed by atoms with Gasteiger partial charge in [-0.3, -0.25) is 4.79 Å². The Balaban J connectivity index is 1.43. The number of ether oxygens (including phenoxy) is 1. The standard InChI is InChI=1S/C33H24Cl2N4O2/c1-22-7-13-28(14-8-22)37-33(40)25(19-36)17-26-20-39(29-5-3-2-4-6-29)38-32(26)23-10-15-30(16-11-23)41-21-24-9-12-27(34)18-31(24)35/h2-18,20H,21H2,1H3,(H,37,40). The van der Waals surface area contributed by atoms with Crippen LogP contribution in [0.15, 0.2) is 109 Å². The number of halogens is 2. The van der Waals surface area contributed by atoms with E-state index in [2.05, 4.69) is 5.32 Å². The smallest absolute Gasteiger partial charge is 0.266 e.